The molecule has 2 amide bonds. The van der Waals surface area contributed by atoms with Crippen LogP contribution in [0, 0.1) is 6.92 Å². The van der Waals surface area contributed by atoms with Crippen LogP contribution in [0.5, 0.6) is 0 Å². The van der Waals surface area contributed by atoms with E-state index in [9.17, 15) is 4.79 Å². The summed E-state index contributed by atoms with van der Waals surface area (Å²) in [5, 5.41) is 3.59. The van der Waals surface area contributed by atoms with Crippen LogP contribution in [0.25, 0.3) is 0 Å². The number of amides is 2. The Balaban J connectivity index is 1.43. The van der Waals surface area contributed by atoms with Crippen LogP contribution in [-0.2, 0) is 6.42 Å². The molecule has 1 N–H and O–H groups in total. The summed E-state index contributed by atoms with van der Waals surface area (Å²) in [5.74, 6) is 0.996. The maximum Gasteiger partial charge on any atom is 0.317 e. The van der Waals surface area contributed by atoms with Gasteiger partial charge < -0.3 is 10.2 Å². The second kappa shape index (κ2) is 9.67. The van der Waals surface area contributed by atoms with Gasteiger partial charge in [0.05, 0.1) is 0 Å². The molecule has 0 saturated carbocycles. The van der Waals surface area contributed by atoms with E-state index in [1.54, 1.807) is 0 Å². The van der Waals surface area contributed by atoms with E-state index in [1.165, 1.54) is 16.7 Å². The molecule has 3 rings (SSSR count). The second-order valence-corrected chi connectivity index (χ2v) is 8.12. The van der Waals surface area contributed by atoms with Crippen molar-refractivity contribution in [3.8, 4) is 0 Å². The van der Waals surface area contributed by atoms with Crippen molar-refractivity contribution in [3.05, 3.63) is 71.3 Å². The van der Waals surface area contributed by atoms with Crippen LogP contribution in [0.3, 0.4) is 0 Å². The predicted octanol–water partition coefficient (Wildman–Crippen LogP) is 4.82. The van der Waals surface area contributed by atoms with Crippen LogP contribution in [-0.4, -0.2) is 36.3 Å². The third-order valence-corrected chi connectivity index (χ3v) is 6.24. The highest BCUT2D eigenvalue weighted by Gasteiger charge is 2.22. The first-order valence-electron chi connectivity index (χ1n) is 9.48. The van der Waals surface area contributed by atoms with Crippen molar-refractivity contribution in [1.82, 2.24) is 10.2 Å². The molecule has 1 atom stereocenters. The lowest BCUT2D eigenvalue weighted by Crippen LogP contribution is -2.41. The lowest BCUT2D eigenvalue weighted by atomic mass is 10.0. The SMILES string of the molecule is Cc1ccccc1C1CCN(C(=O)NCCCc2ccccc2)CCS1. The summed E-state index contributed by atoms with van der Waals surface area (Å²) in [7, 11) is 0. The van der Waals surface area contributed by atoms with Gasteiger partial charge in [-0.15, -0.1) is 0 Å². The van der Waals surface area contributed by atoms with Gasteiger partial charge in [0, 0.05) is 30.6 Å². The first kappa shape index (κ1) is 18.8. The van der Waals surface area contributed by atoms with Gasteiger partial charge in [0.1, 0.15) is 0 Å². The molecule has 1 aliphatic rings. The Morgan fingerprint density at radius 3 is 2.69 bits per heavy atom. The van der Waals surface area contributed by atoms with E-state index in [1.807, 2.05) is 22.7 Å². The van der Waals surface area contributed by atoms with Gasteiger partial charge in [0.15, 0.2) is 0 Å². The van der Waals surface area contributed by atoms with Gasteiger partial charge in [-0.2, -0.15) is 11.8 Å². The number of rotatable bonds is 5. The Bertz CT molecular complexity index is 704. The van der Waals surface area contributed by atoms with Gasteiger partial charge in [0.2, 0.25) is 0 Å². The quantitative estimate of drug-likeness (QED) is 0.768. The van der Waals surface area contributed by atoms with Gasteiger partial charge in [-0.1, -0.05) is 54.6 Å². The molecule has 1 unspecified atom stereocenters. The molecule has 1 saturated heterocycles. The lowest BCUT2D eigenvalue weighted by molar-refractivity contribution is 0.201. The third-order valence-electron chi connectivity index (χ3n) is 4.93. The van der Waals surface area contributed by atoms with Gasteiger partial charge in [-0.3, -0.25) is 0 Å². The first-order valence-corrected chi connectivity index (χ1v) is 10.5. The molecule has 0 spiro atoms. The fourth-order valence-corrected chi connectivity index (χ4v) is 4.74. The number of benzene rings is 2. The Hall–Kier alpha value is -1.94. The smallest absolute Gasteiger partial charge is 0.317 e. The minimum absolute atomic E-state index is 0.0871. The number of aryl methyl sites for hydroxylation is 2. The maximum atomic E-state index is 12.5. The first-order chi connectivity index (χ1) is 12.7. The molecular weight excluding hydrogens is 340 g/mol. The highest BCUT2D eigenvalue weighted by Crippen LogP contribution is 2.35. The fourth-order valence-electron chi connectivity index (χ4n) is 3.41. The Morgan fingerprint density at radius 2 is 1.88 bits per heavy atom. The van der Waals surface area contributed by atoms with Crippen molar-refractivity contribution in [2.75, 3.05) is 25.4 Å². The number of hydrogen-bond acceptors (Lipinski definition) is 2. The van der Waals surface area contributed by atoms with Crippen LogP contribution < -0.4 is 5.32 Å². The van der Waals surface area contributed by atoms with Crippen molar-refractivity contribution in [1.29, 1.82) is 0 Å². The summed E-state index contributed by atoms with van der Waals surface area (Å²) >= 11 is 1.98. The molecule has 0 radical (unpaired) electrons. The van der Waals surface area contributed by atoms with Crippen molar-refractivity contribution < 1.29 is 4.79 Å². The molecule has 0 aromatic heterocycles. The van der Waals surface area contributed by atoms with E-state index in [2.05, 4.69) is 60.8 Å². The summed E-state index contributed by atoms with van der Waals surface area (Å²) in [6.07, 6.45) is 3.00. The van der Waals surface area contributed by atoms with Crippen LogP contribution in [0.15, 0.2) is 54.6 Å². The second-order valence-electron chi connectivity index (χ2n) is 6.81. The third kappa shape index (κ3) is 5.28. The number of nitrogens with zero attached hydrogens (tertiary/aromatic N) is 1. The van der Waals surface area contributed by atoms with E-state index in [-0.39, 0.29) is 6.03 Å². The molecule has 26 heavy (non-hydrogen) atoms. The average molecular weight is 369 g/mol. The standard InChI is InChI=1S/C22H28N2OS/c1-18-8-5-6-12-20(18)21-13-15-24(16-17-26-21)22(25)23-14-7-11-19-9-3-2-4-10-19/h2-6,8-10,12,21H,7,11,13-17H2,1H3,(H,23,25). The summed E-state index contributed by atoms with van der Waals surface area (Å²) in [4.78, 5) is 14.5. The van der Waals surface area contributed by atoms with E-state index in [4.69, 9.17) is 0 Å². The van der Waals surface area contributed by atoms with Crippen molar-refractivity contribution in [3.63, 3.8) is 0 Å². The van der Waals surface area contributed by atoms with E-state index in [0.29, 0.717) is 5.25 Å². The van der Waals surface area contributed by atoms with Gasteiger partial charge >= 0.3 is 6.03 Å². The highest BCUT2D eigenvalue weighted by molar-refractivity contribution is 7.99. The molecule has 4 heteroatoms. The van der Waals surface area contributed by atoms with Gasteiger partial charge in [-0.05, 0) is 42.9 Å². The lowest BCUT2D eigenvalue weighted by Gasteiger charge is -2.21. The zero-order valence-electron chi connectivity index (χ0n) is 15.5. The zero-order valence-corrected chi connectivity index (χ0v) is 16.3. The van der Waals surface area contributed by atoms with E-state index in [0.717, 1.165) is 44.6 Å². The van der Waals surface area contributed by atoms with Gasteiger partial charge in [0.25, 0.3) is 0 Å². The molecule has 0 aliphatic carbocycles. The number of carbonyl (C=O) groups is 1. The molecule has 1 fully saturated rings. The van der Waals surface area contributed by atoms with Crippen LogP contribution in [0.4, 0.5) is 4.79 Å². The Labute approximate surface area is 161 Å². The normalized spacial score (nSPS) is 17.6. The van der Waals surface area contributed by atoms with Crippen molar-refractivity contribution in [2.45, 2.75) is 31.4 Å². The fraction of sp³-hybridized carbons (Fsp3) is 0.409. The van der Waals surface area contributed by atoms with Gasteiger partial charge in [-0.25, -0.2) is 4.79 Å². The molecule has 1 aliphatic heterocycles. The molecule has 2 aromatic carbocycles. The summed E-state index contributed by atoms with van der Waals surface area (Å²) in [6.45, 7) is 4.57. The molecule has 0 bridgehead atoms. The van der Waals surface area contributed by atoms with Crippen LogP contribution >= 0.6 is 11.8 Å². The molecular formula is C22H28N2OS. The largest absolute Gasteiger partial charge is 0.338 e. The minimum atomic E-state index is 0.0871. The number of thioether (sulfide) groups is 1. The molecule has 2 aromatic rings. The average Bonchev–Trinajstić information content (AvgIpc) is 2.92. The number of nitrogens with one attached hydrogen (secondary N) is 1. The highest BCUT2D eigenvalue weighted by atomic mass is 32.2. The predicted molar refractivity (Wildman–Crippen MR) is 111 cm³/mol. The van der Waals surface area contributed by atoms with E-state index >= 15 is 0 Å². The minimum Gasteiger partial charge on any atom is -0.338 e. The number of urea groups is 1. The topological polar surface area (TPSA) is 32.3 Å². The van der Waals surface area contributed by atoms with E-state index < -0.39 is 0 Å². The number of hydrogen-bond donors (Lipinski definition) is 1. The van der Waals surface area contributed by atoms with Crippen LogP contribution in [0.1, 0.15) is 34.8 Å². The maximum absolute atomic E-state index is 12.5. The Kier molecular flexibility index (Phi) is 7.01. The monoisotopic (exact) mass is 368 g/mol. The zero-order chi connectivity index (χ0) is 18.2. The van der Waals surface area contributed by atoms with Crippen LogP contribution in [0.2, 0.25) is 0 Å². The van der Waals surface area contributed by atoms with Crippen molar-refractivity contribution in [2.24, 2.45) is 0 Å². The van der Waals surface area contributed by atoms with Crippen molar-refractivity contribution >= 4 is 17.8 Å². The summed E-state index contributed by atoms with van der Waals surface area (Å²) < 4.78 is 0. The summed E-state index contributed by atoms with van der Waals surface area (Å²) in [6, 6.07) is 19.1. The number of carbonyl (C=O) groups excluding carboxylic acids is 1. The summed E-state index contributed by atoms with van der Waals surface area (Å²) in [5.41, 5.74) is 4.10. The molecule has 138 valence electrons. The molecule has 3 nitrogen and oxygen atoms in total. The Morgan fingerprint density at radius 1 is 1.12 bits per heavy atom. The molecule has 1 heterocycles.